The lowest BCUT2D eigenvalue weighted by molar-refractivity contribution is -0.912. The molecule has 0 aromatic heterocycles. The summed E-state index contributed by atoms with van der Waals surface area (Å²) in [6.07, 6.45) is 4.16. The number of piperidine rings is 1. The largest absolute Gasteiger partial charge is 1.00 e. The molecule has 0 aliphatic carbocycles. The second kappa shape index (κ2) is 13.8. The zero-order valence-corrected chi connectivity index (χ0v) is 20.3. The minimum Gasteiger partial charge on any atom is -1.00 e. The molecule has 1 heterocycles. The number of quaternary nitrogens is 1. The van der Waals surface area contributed by atoms with Gasteiger partial charge in [-0.05, 0) is 56.0 Å². The monoisotopic (exact) mass is 512 g/mol. The number of nitrogens with zero attached hydrogens (tertiary/aromatic N) is 2. The minimum atomic E-state index is 0. The fourth-order valence-electron chi connectivity index (χ4n) is 3.75. The highest BCUT2D eigenvalue weighted by atomic mass is 127. The molecule has 1 aliphatic rings. The Labute approximate surface area is 194 Å². The van der Waals surface area contributed by atoms with Crippen LogP contribution in [0.5, 0.6) is 5.75 Å². The SMILES string of the molecule is CCO.COc1ccc(CN(CC[N+]2(C)CCCCC2)c2ccccc2)cc1.[I-]. The van der Waals surface area contributed by atoms with Gasteiger partial charge in [0.15, 0.2) is 0 Å². The van der Waals surface area contributed by atoms with Gasteiger partial charge in [-0.2, -0.15) is 0 Å². The molecule has 2 aromatic rings. The molecule has 0 radical (unpaired) electrons. The minimum absolute atomic E-state index is 0. The second-order valence-electron chi connectivity index (χ2n) is 7.77. The second-order valence-corrected chi connectivity index (χ2v) is 7.77. The lowest BCUT2D eigenvalue weighted by atomic mass is 10.1. The third-order valence-electron chi connectivity index (χ3n) is 5.46. The maximum atomic E-state index is 7.57. The predicted molar refractivity (Wildman–Crippen MR) is 118 cm³/mol. The van der Waals surface area contributed by atoms with Crippen LogP contribution in [0.1, 0.15) is 31.7 Å². The molecule has 4 nitrogen and oxygen atoms in total. The third-order valence-corrected chi connectivity index (χ3v) is 5.46. The van der Waals surface area contributed by atoms with E-state index >= 15 is 0 Å². The number of benzene rings is 2. The fraction of sp³-hybridized carbons (Fsp3) is 0.500. The molecule has 0 spiro atoms. The zero-order valence-electron chi connectivity index (χ0n) is 18.2. The van der Waals surface area contributed by atoms with Crippen molar-refractivity contribution in [1.82, 2.24) is 0 Å². The van der Waals surface area contributed by atoms with Crippen molar-refractivity contribution in [2.75, 3.05) is 51.8 Å². The van der Waals surface area contributed by atoms with Crippen LogP contribution >= 0.6 is 0 Å². The van der Waals surface area contributed by atoms with Crippen LogP contribution in [-0.2, 0) is 6.54 Å². The highest BCUT2D eigenvalue weighted by Gasteiger charge is 2.25. The van der Waals surface area contributed by atoms with Crippen molar-refractivity contribution in [2.45, 2.75) is 32.7 Å². The van der Waals surface area contributed by atoms with E-state index < -0.39 is 0 Å². The normalized spacial score (nSPS) is 14.8. The molecular formula is C24H37IN2O2. The van der Waals surface area contributed by atoms with Crippen LogP contribution in [0.2, 0.25) is 0 Å². The molecule has 1 aliphatic heterocycles. The van der Waals surface area contributed by atoms with E-state index in [0.717, 1.165) is 18.8 Å². The lowest BCUT2D eigenvalue weighted by Gasteiger charge is -2.39. The van der Waals surface area contributed by atoms with Crippen LogP contribution in [0.4, 0.5) is 5.69 Å². The van der Waals surface area contributed by atoms with Gasteiger partial charge in [-0.1, -0.05) is 30.3 Å². The Bertz CT molecular complexity index is 658. The average Bonchev–Trinajstić information content (AvgIpc) is 2.73. The number of methoxy groups -OCH3 is 1. The molecule has 0 atom stereocenters. The summed E-state index contributed by atoms with van der Waals surface area (Å²) < 4.78 is 6.50. The van der Waals surface area contributed by atoms with E-state index in [4.69, 9.17) is 9.84 Å². The average molecular weight is 512 g/mol. The summed E-state index contributed by atoms with van der Waals surface area (Å²) in [6.45, 7) is 7.82. The van der Waals surface area contributed by atoms with Gasteiger partial charge in [-0.25, -0.2) is 0 Å². The number of halogens is 1. The predicted octanol–water partition coefficient (Wildman–Crippen LogP) is 1.33. The van der Waals surface area contributed by atoms with E-state index in [1.165, 1.54) is 54.6 Å². The molecule has 1 saturated heterocycles. The molecular weight excluding hydrogens is 475 g/mol. The summed E-state index contributed by atoms with van der Waals surface area (Å²) in [5.41, 5.74) is 2.63. The first-order valence-electron chi connectivity index (χ1n) is 10.5. The van der Waals surface area contributed by atoms with Gasteiger partial charge in [0.05, 0.1) is 40.3 Å². The summed E-state index contributed by atoms with van der Waals surface area (Å²) in [6, 6.07) is 19.3. The van der Waals surface area contributed by atoms with Crippen molar-refractivity contribution in [3.63, 3.8) is 0 Å². The molecule has 2 aromatic carbocycles. The van der Waals surface area contributed by atoms with Gasteiger partial charge in [-0.3, -0.25) is 0 Å². The number of aliphatic hydroxyl groups is 1. The van der Waals surface area contributed by atoms with Crippen molar-refractivity contribution in [2.24, 2.45) is 0 Å². The van der Waals surface area contributed by atoms with Gasteiger partial charge < -0.3 is 43.2 Å². The molecule has 29 heavy (non-hydrogen) atoms. The summed E-state index contributed by atoms with van der Waals surface area (Å²) in [7, 11) is 4.14. The number of rotatable bonds is 7. The first-order chi connectivity index (χ1) is 13.6. The summed E-state index contributed by atoms with van der Waals surface area (Å²) >= 11 is 0. The topological polar surface area (TPSA) is 32.7 Å². The molecule has 5 heteroatoms. The number of likely N-dealkylation sites (N-methyl/N-ethyl adjacent to an activating group) is 1. The summed E-state index contributed by atoms with van der Waals surface area (Å²) in [5, 5.41) is 7.57. The van der Waals surface area contributed by atoms with Crippen LogP contribution in [0.15, 0.2) is 54.6 Å². The highest BCUT2D eigenvalue weighted by Crippen LogP contribution is 2.21. The van der Waals surface area contributed by atoms with E-state index in [0.29, 0.717) is 0 Å². The van der Waals surface area contributed by atoms with Crippen LogP contribution < -0.4 is 33.6 Å². The standard InChI is InChI=1S/C22H31N2O.C2H6O.HI/c1-24(16-7-4-8-17-24)18-15-23(21-9-5-3-6-10-21)19-20-11-13-22(25-2)14-12-20;1-2-3;/h3,5-6,9-14H,4,7-8,15-19H2,1-2H3;3H,2H2,1H3;1H/q+1;;/p-1. The van der Waals surface area contributed by atoms with Gasteiger partial charge in [0.2, 0.25) is 0 Å². The Morgan fingerprint density at radius 3 is 2.10 bits per heavy atom. The lowest BCUT2D eigenvalue weighted by Crippen LogP contribution is -3.00. The molecule has 0 amide bonds. The maximum absolute atomic E-state index is 7.57. The van der Waals surface area contributed by atoms with Crippen molar-refractivity contribution < 1.29 is 38.3 Å². The van der Waals surface area contributed by atoms with E-state index in [1.807, 2.05) is 0 Å². The fourth-order valence-corrected chi connectivity index (χ4v) is 3.75. The molecule has 162 valence electrons. The number of ether oxygens (including phenoxy) is 1. The highest BCUT2D eigenvalue weighted by molar-refractivity contribution is 5.47. The number of anilines is 1. The van der Waals surface area contributed by atoms with Crippen LogP contribution in [0.3, 0.4) is 0 Å². The molecule has 3 rings (SSSR count). The number of para-hydroxylation sites is 1. The van der Waals surface area contributed by atoms with Gasteiger partial charge in [0, 0.05) is 18.8 Å². The molecule has 1 N–H and O–H groups in total. The van der Waals surface area contributed by atoms with Gasteiger partial charge in [0.25, 0.3) is 0 Å². The first-order valence-corrected chi connectivity index (χ1v) is 10.5. The molecule has 0 unspecified atom stereocenters. The van der Waals surface area contributed by atoms with Crippen LogP contribution in [-0.4, -0.2) is 56.5 Å². The number of hydrogen-bond acceptors (Lipinski definition) is 3. The van der Waals surface area contributed by atoms with Crippen molar-refractivity contribution in [3.8, 4) is 5.75 Å². The van der Waals surface area contributed by atoms with Gasteiger partial charge in [0.1, 0.15) is 5.75 Å². The molecule has 0 saturated carbocycles. The summed E-state index contributed by atoms with van der Waals surface area (Å²) in [5.74, 6) is 0.918. The van der Waals surface area contributed by atoms with Crippen molar-refractivity contribution in [3.05, 3.63) is 60.2 Å². The Hall–Kier alpha value is -1.31. The van der Waals surface area contributed by atoms with Crippen LogP contribution in [0, 0.1) is 0 Å². The van der Waals surface area contributed by atoms with E-state index in [-0.39, 0.29) is 30.6 Å². The van der Waals surface area contributed by atoms with Crippen molar-refractivity contribution >= 4 is 5.69 Å². The zero-order chi connectivity index (χ0) is 20.2. The number of hydrogen-bond donors (Lipinski definition) is 1. The Morgan fingerprint density at radius 2 is 1.55 bits per heavy atom. The third kappa shape index (κ3) is 8.93. The Balaban J connectivity index is 0.000000990. The first kappa shape index (κ1) is 25.7. The molecule has 1 fully saturated rings. The van der Waals surface area contributed by atoms with E-state index in [2.05, 4.69) is 66.5 Å². The quantitative estimate of drug-likeness (QED) is 0.449. The van der Waals surface area contributed by atoms with Gasteiger partial charge >= 0.3 is 0 Å². The van der Waals surface area contributed by atoms with Gasteiger partial charge in [-0.15, -0.1) is 0 Å². The van der Waals surface area contributed by atoms with E-state index in [9.17, 15) is 0 Å². The van der Waals surface area contributed by atoms with Crippen molar-refractivity contribution in [1.29, 1.82) is 0 Å². The maximum Gasteiger partial charge on any atom is 0.118 e. The van der Waals surface area contributed by atoms with E-state index in [1.54, 1.807) is 14.0 Å². The Kier molecular flexibility index (Phi) is 12.3. The van der Waals surface area contributed by atoms with Crippen LogP contribution in [0.25, 0.3) is 0 Å². The number of aliphatic hydroxyl groups excluding tert-OH is 1. The smallest absolute Gasteiger partial charge is 0.118 e. The number of likely N-dealkylation sites (tertiary alicyclic amines) is 1. The molecule has 0 bridgehead atoms. The Morgan fingerprint density at radius 1 is 0.966 bits per heavy atom. The summed E-state index contributed by atoms with van der Waals surface area (Å²) in [4.78, 5) is 2.51.